The van der Waals surface area contributed by atoms with E-state index in [1.165, 1.54) is 6.07 Å². The molecule has 1 saturated heterocycles. The van der Waals surface area contributed by atoms with Gasteiger partial charge in [0.05, 0.1) is 11.1 Å². The minimum Gasteiger partial charge on any atom is -0.371 e. The highest BCUT2D eigenvalue weighted by atomic mass is 35.5. The number of benzene rings is 1. The molecular formula is C20H29ClFN3O. The second-order valence-electron chi connectivity index (χ2n) is 8.09. The third-order valence-electron chi connectivity index (χ3n) is 5.82. The number of carbonyl (C=O) groups is 1. The lowest BCUT2D eigenvalue weighted by Gasteiger charge is -2.25. The van der Waals surface area contributed by atoms with Crippen molar-refractivity contribution in [3.05, 3.63) is 29.0 Å². The molecule has 4 atom stereocenters. The van der Waals surface area contributed by atoms with Crippen molar-refractivity contribution < 1.29 is 9.18 Å². The molecule has 144 valence electrons. The molecule has 26 heavy (non-hydrogen) atoms. The molecule has 0 radical (unpaired) electrons. The molecular weight excluding hydrogens is 353 g/mol. The number of anilines is 1. The Bertz CT molecular complexity index is 654. The second kappa shape index (κ2) is 8.13. The number of nitrogens with one attached hydrogen (secondary N) is 2. The van der Waals surface area contributed by atoms with Crippen LogP contribution in [0.5, 0.6) is 0 Å². The maximum Gasteiger partial charge on any atom is 0.237 e. The average Bonchev–Trinajstić information content (AvgIpc) is 3.17. The van der Waals surface area contributed by atoms with Gasteiger partial charge in [-0.1, -0.05) is 25.4 Å². The van der Waals surface area contributed by atoms with E-state index in [4.69, 9.17) is 11.6 Å². The highest BCUT2D eigenvalue weighted by Gasteiger charge is 2.43. The van der Waals surface area contributed by atoms with Gasteiger partial charge >= 0.3 is 0 Å². The topological polar surface area (TPSA) is 44.4 Å². The van der Waals surface area contributed by atoms with Gasteiger partial charge in [0.1, 0.15) is 5.82 Å². The fraction of sp³-hybridized carbons (Fsp3) is 0.650. The van der Waals surface area contributed by atoms with Crippen LogP contribution in [0.25, 0.3) is 0 Å². The Kier molecular flexibility index (Phi) is 6.08. The van der Waals surface area contributed by atoms with Crippen molar-refractivity contribution in [3.8, 4) is 0 Å². The Morgan fingerprint density at radius 3 is 2.77 bits per heavy atom. The Morgan fingerprint density at radius 2 is 2.12 bits per heavy atom. The maximum absolute atomic E-state index is 13.4. The van der Waals surface area contributed by atoms with Gasteiger partial charge in [0.2, 0.25) is 5.91 Å². The van der Waals surface area contributed by atoms with Gasteiger partial charge in [0, 0.05) is 30.7 Å². The highest BCUT2D eigenvalue weighted by Crippen LogP contribution is 2.40. The van der Waals surface area contributed by atoms with Gasteiger partial charge < -0.3 is 15.5 Å². The molecule has 1 aliphatic heterocycles. The molecule has 0 aromatic heterocycles. The van der Waals surface area contributed by atoms with Crippen LogP contribution in [0.4, 0.5) is 10.1 Å². The van der Waals surface area contributed by atoms with E-state index >= 15 is 0 Å². The van der Waals surface area contributed by atoms with Crippen molar-refractivity contribution in [2.24, 2.45) is 17.8 Å². The Hall–Kier alpha value is -1.33. The SMILES string of the molecule is CN[C@@H](CC(C)C)C(=O)N[C@H]1CC[C@@H]2CN(c3ccc(F)c(Cl)c3)C[C@@H]21. The zero-order chi connectivity index (χ0) is 18.8. The monoisotopic (exact) mass is 381 g/mol. The predicted molar refractivity (Wildman–Crippen MR) is 104 cm³/mol. The van der Waals surface area contributed by atoms with Crippen LogP contribution in [-0.4, -0.2) is 38.1 Å². The molecule has 1 aliphatic carbocycles. The second-order valence-corrected chi connectivity index (χ2v) is 8.50. The number of rotatable bonds is 6. The molecule has 2 aliphatic rings. The van der Waals surface area contributed by atoms with Crippen LogP contribution in [0.1, 0.15) is 33.1 Å². The van der Waals surface area contributed by atoms with Gasteiger partial charge in [-0.2, -0.15) is 0 Å². The number of likely N-dealkylation sites (N-methyl/N-ethyl adjacent to an activating group) is 1. The number of nitrogens with zero attached hydrogens (tertiary/aromatic N) is 1. The van der Waals surface area contributed by atoms with Crippen LogP contribution >= 0.6 is 11.6 Å². The minimum absolute atomic E-state index is 0.107. The summed E-state index contributed by atoms with van der Waals surface area (Å²) in [5.74, 6) is 1.21. The molecule has 2 fully saturated rings. The van der Waals surface area contributed by atoms with Crippen LogP contribution in [0.2, 0.25) is 5.02 Å². The zero-order valence-corrected chi connectivity index (χ0v) is 16.5. The molecule has 1 saturated carbocycles. The zero-order valence-electron chi connectivity index (χ0n) is 15.8. The van der Waals surface area contributed by atoms with Crippen LogP contribution in [-0.2, 0) is 4.79 Å². The Labute approximate surface area is 160 Å². The van der Waals surface area contributed by atoms with E-state index in [2.05, 4.69) is 29.4 Å². The van der Waals surface area contributed by atoms with Gasteiger partial charge in [-0.05, 0) is 56.3 Å². The Morgan fingerprint density at radius 1 is 1.35 bits per heavy atom. The van der Waals surface area contributed by atoms with Crippen molar-refractivity contribution in [3.63, 3.8) is 0 Å². The maximum atomic E-state index is 13.4. The molecule has 1 aromatic carbocycles. The fourth-order valence-electron chi connectivity index (χ4n) is 4.45. The highest BCUT2D eigenvalue weighted by molar-refractivity contribution is 6.31. The number of halogens is 2. The number of fused-ring (bicyclic) bond motifs is 1. The largest absolute Gasteiger partial charge is 0.371 e. The first-order valence-electron chi connectivity index (χ1n) is 9.56. The third-order valence-corrected chi connectivity index (χ3v) is 6.11. The quantitative estimate of drug-likeness (QED) is 0.793. The van der Waals surface area contributed by atoms with Crippen molar-refractivity contribution in [1.29, 1.82) is 0 Å². The summed E-state index contributed by atoms with van der Waals surface area (Å²) in [4.78, 5) is 14.9. The van der Waals surface area contributed by atoms with Gasteiger partial charge in [-0.25, -0.2) is 4.39 Å². The van der Waals surface area contributed by atoms with E-state index < -0.39 is 0 Å². The van der Waals surface area contributed by atoms with Gasteiger partial charge in [-0.15, -0.1) is 0 Å². The average molecular weight is 382 g/mol. The molecule has 4 nitrogen and oxygen atoms in total. The van der Waals surface area contributed by atoms with Crippen LogP contribution in [0.15, 0.2) is 18.2 Å². The minimum atomic E-state index is -0.386. The lowest BCUT2D eigenvalue weighted by molar-refractivity contribution is -0.124. The number of hydrogen-bond acceptors (Lipinski definition) is 3. The summed E-state index contributed by atoms with van der Waals surface area (Å²) in [5, 5.41) is 6.59. The van der Waals surface area contributed by atoms with E-state index in [1.54, 1.807) is 12.1 Å². The summed E-state index contributed by atoms with van der Waals surface area (Å²) in [6, 6.07) is 4.99. The summed E-state index contributed by atoms with van der Waals surface area (Å²) in [6.07, 6.45) is 3.00. The first-order chi connectivity index (χ1) is 12.4. The van der Waals surface area contributed by atoms with E-state index in [9.17, 15) is 9.18 Å². The normalized spacial score (nSPS) is 26.2. The summed E-state index contributed by atoms with van der Waals surface area (Å²) >= 11 is 5.94. The Balaban J connectivity index is 1.62. The van der Waals surface area contributed by atoms with Crippen molar-refractivity contribution in [2.45, 2.75) is 45.2 Å². The third kappa shape index (κ3) is 4.15. The number of carbonyl (C=O) groups excluding carboxylic acids is 1. The molecule has 6 heteroatoms. The van der Waals surface area contributed by atoms with Gasteiger partial charge in [0.15, 0.2) is 0 Å². The molecule has 1 aromatic rings. The molecule has 1 heterocycles. The standard InChI is InChI=1S/C20H29ClFN3O/c1-12(2)8-19(23-3)20(26)24-18-7-4-13-10-25(11-15(13)18)14-5-6-17(22)16(21)9-14/h5-6,9,12-13,15,18-19,23H,4,7-8,10-11H2,1-3H3,(H,24,26)/t13-,15+,18+,19+/m1/s1. The smallest absolute Gasteiger partial charge is 0.237 e. The summed E-state index contributed by atoms with van der Waals surface area (Å²) < 4.78 is 13.4. The fourth-order valence-corrected chi connectivity index (χ4v) is 4.62. The van der Waals surface area contributed by atoms with Gasteiger partial charge in [-0.3, -0.25) is 4.79 Å². The molecule has 1 amide bonds. The molecule has 2 N–H and O–H groups in total. The van der Waals surface area contributed by atoms with Crippen molar-refractivity contribution in [1.82, 2.24) is 10.6 Å². The predicted octanol–water partition coefficient (Wildman–Crippen LogP) is 3.44. The van der Waals surface area contributed by atoms with Crippen LogP contribution < -0.4 is 15.5 Å². The summed E-state index contributed by atoms with van der Waals surface area (Å²) in [6.45, 7) is 6.09. The van der Waals surface area contributed by atoms with Gasteiger partial charge in [0.25, 0.3) is 0 Å². The number of amides is 1. The van der Waals surface area contributed by atoms with E-state index in [0.29, 0.717) is 17.8 Å². The van der Waals surface area contributed by atoms with E-state index in [0.717, 1.165) is 38.0 Å². The van der Waals surface area contributed by atoms with Crippen LogP contribution in [0.3, 0.4) is 0 Å². The lowest BCUT2D eigenvalue weighted by Crippen LogP contribution is -2.49. The lowest BCUT2D eigenvalue weighted by atomic mass is 9.97. The van der Waals surface area contributed by atoms with Crippen molar-refractivity contribution >= 4 is 23.2 Å². The van der Waals surface area contributed by atoms with E-state index in [1.807, 2.05) is 7.05 Å². The molecule has 3 rings (SSSR count). The van der Waals surface area contributed by atoms with E-state index in [-0.39, 0.29) is 28.8 Å². The first-order valence-corrected chi connectivity index (χ1v) is 9.94. The summed E-state index contributed by atoms with van der Waals surface area (Å²) in [5.41, 5.74) is 0.962. The van der Waals surface area contributed by atoms with Crippen LogP contribution in [0, 0.1) is 23.6 Å². The molecule has 0 spiro atoms. The first kappa shape index (κ1) is 19.4. The number of hydrogen-bond donors (Lipinski definition) is 2. The summed E-state index contributed by atoms with van der Waals surface area (Å²) in [7, 11) is 1.85. The molecule has 0 unspecified atom stereocenters. The molecule has 0 bridgehead atoms. The van der Waals surface area contributed by atoms with Crippen molar-refractivity contribution in [2.75, 3.05) is 25.0 Å².